The predicted octanol–water partition coefficient (Wildman–Crippen LogP) is 1.03. The maximum atomic E-state index is 12.1. The molecule has 1 atom stereocenters. The third-order valence-corrected chi connectivity index (χ3v) is 3.72. The summed E-state index contributed by atoms with van der Waals surface area (Å²) >= 11 is 0. The molecule has 0 radical (unpaired) electrons. The standard InChI is InChI=1S/C16H22N4O/c1-13(15-5-3-14(11-17)4-6-15)19-16(21)12-20-9-2-7-18-8-10-20/h3-6,13,18H,2,7-10,12H2,1H3,(H,19,21). The number of carbonyl (C=O) groups excluding carboxylic acids is 1. The number of hydrogen-bond donors (Lipinski definition) is 2. The molecule has 1 aromatic carbocycles. The van der Waals surface area contributed by atoms with Gasteiger partial charge in [0.25, 0.3) is 0 Å². The van der Waals surface area contributed by atoms with Crippen LogP contribution in [0.15, 0.2) is 24.3 Å². The summed E-state index contributed by atoms with van der Waals surface area (Å²) in [4.78, 5) is 14.3. The van der Waals surface area contributed by atoms with Crippen molar-refractivity contribution in [1.29, 1.82) is 5.26 Å². The van der Waals surface area contributed by atoms with E-state index in [1.807, 2.05) is 19.1 Å². The van der Waals surface area contributed by atoms with Crippen LogP contribution in [0.3, 0.4) is 0 Å². The fourth-order valence-corrected chi connectivity index (χ4v) is 2.48. The summed E-state index contributed by atoms with van der Waals surface area (Å²) in [6.07, 6.45) is 1.08. The van der Waals surface area contributed by atoms with Crippen molar-refractivity contribution in [1.82, 2.24) is 15.5 Å². The SMILES string of the molecule is CC(NC(=O)CN1CCCNCC1)c1ccc(C#N)cc1. The Kier molecular flexibility index (Phi) is 5.73. The van der Waals surface area contributed by atoms with Crippen LogP contribution in [0.25, 0.3) is 0 Å². The van der Waals surface area contributed by atoms with Crippen LogP contribution in [-0.2, 0) is 4.79 Å². The van der Waals surface area contributed by atoms with E-state index >= 15 is 0 Å². The van der Waals surface area contributed by atoms with Crippen molar-refractivity contribution in [2.24, 2.45) is 0 Å². The van der Waals surface area contributed by atoms with Crippen LogP contribution >= 0.6 is 0 Å². The van der Waals surface area contributed by atoms with Gasteiger partial charge in [0.1, 0.15) is 0 Å². The smallest absolute Gasteiger partial charge is 0.234 e. The third-order valence-electron chi connectivity index (χ3n) is 3.72. The summed E-state index contributed by atoms with van der Waals surface area (Å²) in [7, 11) is 0. The molecule has 5 nitrogen and oxygen atoms in total. The van der Waals surface area contributed by atoms with Gasteiger partial charge in [-0.2, -0.15) is 5.26 Å². The lowest BCUT2D eigenvalue weighted by Gasteiger charge is -2.21. The van der Waals surface area contributed by atoms with E-state index in [4.69, 9.17) is 5.26 Å². The number of nitrogens with zero attached hydrogens (tertiary/aromatic N) is 2. The molecule has 1 aromatic rings. The van der Waals surface area contributed by atoms with Crippen molar-refractivity contribution in [3.8, 4) is 6.07 Å². The lowest BCUT2D eigenvalue weighted by atomic mass is 10.1. The predicted molar refractivity (Wildman–Crippen MR) is 81.6 cm³/mol. The molecule has 1 saturated heterocycles. The highest BCUT2D eigenvalue weighted by Crippen LogP contribution is 2.13. The fourth-order valence-electron chi connectivity index (χ4n) is 2.48. The van der Waals surface area contributed by atoms with Crippen LogP contribution < -0.4 is 10.6 Å². The summed E-state index contributed by atoms with van der Waals surface area (Å²) in [5.74, 6) is 0.0498. The summed E-state index contributed by atoms with van der Waals surface area (Å²) < 4.78 is 0. The number of carbonyl (C=O) groups is 1. The van der Waals surface area contributed by atoms with E-state index in [0.717, 1.165) is 38.2 Å². The van der Waals surface area contributed by atoms with E-state index in [-0.39, 0.29) is 11.9 Å². The second-order valence-electron chi connectivity index (χ2n) is 5.40. The minimum absolute atomic E-state index is 0.0460. The molecule has 0 spiro atoms. The molecule has 1 unspecified atom stereocenters. The zero-order valence-electron chi connectivity index (χ0n) is 12.4. The summed E-state index contributed by atoms with van der Waals surface area (Å²) in [6.45, 7) is 6.26. The first kappa shape index (κ1) is 15.5. The second kappa shape index (κ2) is 7.77. The average molecular weight is 286 g/mol. The number of nitrogens with one attached hydrogen (secondary N) is 2. The Labute approximate surface area is 125 Å². The van der Waals surface area contributed by atoms with Gasteiger partial charge in [-0.3, -0.25) is 9.69 Å². The van der Waals surface area contributed by atoms with Crippen LogP contribution in [0.2, 0.25) is 0 Å². The molecule has 0 aromatic heterocycles. The molecule has 0 aliphatic carbocycles. The first-order valence-electron chi connectivity index (χ1n) is 7.41. The topological polar surface area (TPSA) is 68.2 Å². The highest BCUT2D eigenvalue weighted by atomic mass is 16.2. The monoisotopic (exact) mass is 286 g/mol. The minimum atomic E-state index is -0.0460. The summed E-state index contributed by atoms with van der Waals surface area (Å²) in [6, 6.07) is 9.38. The third kappa shape index (κ3) is 4.85. The number of hydrogen-bond acceptors (Lipinski definition) is 4. The Balaban J connectivity index is 1.84. The molecule has 0 saturated carbocycles. The molecular weight excluding hydrogens is 264 g/mol. The molecule has 21 heavy (non-hydrogen) atoms. The average Bonchev–Trinajstić information content (AvgIpc) is 2.75. The Hall–Kier alpha value is -1.90. The molecule has 5 heteroatoms. The van der Waals surface area contributed by atoms with Gasteiger partial charge in [0.2, 0.25) is 5.91 Å². The lowest BCUT2D eigenvalue weighted by Crippen LogP contribution is -2.39. The van der Waals surface area contributed by atoms with Crippen molar-refractivity contribution in [2.75, 3.05) is 32.7 Å². The van der Waals surface area contributed by atoms with Gasteiger partial charge in [0, 0.05) is 13.1 Å². The number of rotatable bonds is 4. The first-order chi connectivity index (χ1) is 10.2. The lowest BCUT2D eigenvalue weighted by molar-refractivity contribution is -0.122. The minimum Gasteiger partial charge on any atom is -0.348 e. The maximum absolute atomic E-state index is 12.1. The molecule has 1 amide bonds. The van der Waals surface area contributed by atoms with Crippen molar-refractivity contribution < 1.29 is 4.79 Å². The van der Waals surface area contributed by atoms with Gasteiger partial charge in [-0.15, -0.1) is 0 Å². The maximum Gasteiger partial charge on any atom is 0.234 e. The quantitative estimate of drug-likeness (QED) is 0.867. The molecule has 0 bridgehead atoms. The first-order valence-corrected chi connectivity index (χ1v) is 7.41. The van der Waals surface area contributed by atoms with E-state index in [9.17, 15) is 4.79 Å². The molecule has 1 aliphatic rings. The van der Waals surface area contributed by atoms with Crippen LogP contribution in [0.4, 0.5) is 0 Å². The molecule has 1 heterocycles. The summed E-state index contributed by atoms with van der Waals surface area (Å²) in [5, 5.41) is 15.1. The Bertz CT molecular complexity index is 498. The van der Waals surface area contributed by atoms with Crippen LogP contribution in [0.1, 0.15) is 30.5 Å². The molecule has 1 fully saturated rings. The van der Waals surface area contributed by atoms with Gasteiger partial charge < -0.3 is 10.6 Å². The van der Waals surface area contributed by atoms with Gasteiger partial charge in [-0.1, -0.05) is 12.1 Å². The number of nitriles is 1. The number of benzene rings is 1. The molecule has 2 N–H and O–H groups in total. The molecule has 2 rings (SSSR count). The molecular formula is C16H22N4O. The largest absolute Gasteiger partial charge is 0.348 e. The Morgan fingerprint density at radius 3 is 2.86 bits per heavy atom. The van der Waals surface area contributed by atoms with Crippen LogP contribution in [0, 0.1) is 11.3 Å². The highest BCUT2D eigenvalue weighted by Gasteiger charge is 2.15. The van der Waals surface area contributed by atoms with E-state index in [1.54, 1.807) is 12.1 Å². The van der Waals surface area contributed by atoms with Crippen LogP contribution in [-0.4, -0.2) is 43.5 Å². The normalized spacial score (nSPS) is 17.5. The van der Waals surface area contributed by atoms with Gasteiger partial charge in [-0.25, -0.2) is 0 Å². The van der Waals surface area contributed by atoms with Gasteiger partial charge in [0.05, 0.1) is 24.2 Å². The van der Waals surface area contributed by atoms with E-state index in [0.29, 0.717) is 12.1 Å². The Morgan fingerprint density at radius 1 is 1.38 bits per heavy atom. The van der Waals surface area contributed by atoms with Crippen molar-refractivity contribution in [3.05, 3.63) is 35.4 Å². The number of amides is 1. The van der Waals surface area contributed by atoms with Gasteiger partial charge >= 0.3 is 0 Å². The van der Waals surface area contributed by atoms with Crippen molar-refractivity contribution in [2.45, 2.75) is 19.4 Å². The van der Waals surface area contributed by atoms with E-state index < -0.39 is 0 Å². The fraction of sp³-hybridized carbons (Fsp3) is 0.500. The Morgan fingerprint density at radius 2 is 2.14 bits per heavy atom. The van der Waals surface area contributed by atoms with Crippen LogP contribution in [0.5, 0.6) is 0 Å². The zero-order chi connectivity index (χ0) is 15.1. The molecule has 112 valence electrons. The summed E-state index contributed by atoms with van der Waals surface area (Å²) in [5.41, 5.74) is 1.65. The van der Waals surface area contributed by atoms with Crippen molar-refractivity contribution in [3.63, 3.8) is 0 Å². The van der Waals surface area contributed by atoms with Gasteiger partial charge in [0.15, 0.2) is 0 Å². The van der Waals surface area contributed by atoms with Crippen molar-refractivity contribution >= 4 is 5.91 Å². The zero-order valence-corrected chi connectivity index (χ0v) is 12.4. The highest BCUT2D eigenvalue weighted by molar-refractivity contribution is 5.78. The van der Waals surface area contributed by atoms with Gasteiger partial charge in [-0.05, 0) is 44.1 Å². The molecule has 1 aliphatic heterocycles. The van der Waals surface area contributed by atoms with E-state index in [2.05, 4.69) is 21.6 Å². The van der Waals surface area contributed by atoms with E-state index in [1.165, 1.54) is 0 Å². The second-order valence-corrected chi connectivity index (χ2v) is 5.40.